The molecule has 0 fully saturated rings. The highest BCUT2D eigenvalue weighted by Crippen LogP contribution is 2.29. The predicted molar refractivity (Wildman–Crippen MR) is 465 cm³/mol. The Morgan fingerprint density at radius 1 is 0.570 bits per heavy atom. The summed E-state index contributed by atoms with van der Waals surface area (Å²) in [4.78, 5) is 80.3. The number of aromatic nitrogens is 4. The van der Waals surface area contributed by atoms with E-state index in [0.717, 1.165) is 0 Å². The van der Waals surface area contributed by atoms with Gasteiger partial charge in [-0.2, -0.15) is 21.0 Å². The van der Waals surface area contributed by atoms with Crippen molar-refractivity contribution in [2.45, 2.75) is 173 Å². The molecular formula is C82H101BrCl2F4N22O10. The highest BCUT2D eigenvalue weighted by atomic mass is 79.9. The van der Waals surface area contributed by atoms with Gasteiger partial charge in [0.05, 0.1) is 25.0 Å². The van der Waals surface area contributed by atoms with E-state index in [2.05, 4.69) is 72.3 Å². The molecule has 0 spiro atoms. The summed E-state index contributed by atoms with van der Waals surface area (Å²) in [6.45, 7) is 32.1. The molecule has 8 rings (SSSR count). The van der Waals surface area contributed by atoms with Gasteiger partial charge in [-0.15, -0.1) is 17.4 Å². The zero-order valence-electron chi connectivity index (χ0n) is 70.2. The lowest BCUT2D eigenvalue weighted by Crippen LogP contribution is -2.26. The molecule has 32 nitrogen and oxygen atoms in total. The first-order valence-electron chi connectivity index (χ1n) is 36.5. The normalized spacial score (nSPS) is 10.0. The molecule has 121 heavy (non-hydrogen) atoms. The number of halogens is 7. The third-order valence-corrected chi connectivity index (χ3v) is 13.5. The smallest absolute Gasteiger partial charge is 0.375 e. The number of nitrogen functional groups attached to an aromatic ring is 2. The summed E-state index contributed by atoms with van der Waals surface area (Å²) in [5.74, 6) is -0.391. The fourth-order valence-electron chi connectivity index (χ4n) is 8.26. The number of rotatable bonds is 17. The lowest BCUT2D eigenvalue weighted by atomic mass is 10.2. The number of anilines is 3. The van der Waals surface area contributed by atoms with Crippen molar-refractivity contribution in [3.8, 4) is 36.0 Å². The lowest BCUT2D eigenvalue weighted by Gasteiger charge is -2.21. The zero-order valence-corrected chi connectivity index (χ0v) is 73.3. The largest absolute Gasteiger partial charge is 0.481 e. The lowest BCUT2D eigenvalue weighted by molar-refractivity contribution is 0.00490. The van der Waals surface area contributed by atoms with E-state index in [1.165, 1.54) is 128 Å². The molecular weight excluding hydrogens is 1680 g/mol. The van der Waals surface area contributed by atoms with Crippen molar-refractivity contribution in [2.75, 3.05) is 30.0 Å². The summed E-state index contributed by atoms with van der Waals surface area (Å²) >= 11 is 7.84. The number of ether oxygens (including phenoxy) is 5. The first-order chi connectivity index (χ1) is 56.5. The number of aryl methyl sites for hydroxylation is 2. The number of azide groups is 2. The fraction of sp³-hybridized carbons (Fsp3) is 0.341. The number of amidine groups is 1. The molecule has 0 aliphatic carbocycles. The van der Waals surface area contributed by atoms with E-state index in [1.54, 1.807) is 87.3 Å². The van der Waals surface area contributed by atoms with Gasteiger partial charge in [-0.05, 0) is 220 Å². The maximum atomic E-state index is 13.5. The van der Waals surface area contributed by atoms with Gasteiger partial charge in [-0.1, -0.05) is 76.0 Å². The molecule has 648 valence electrons. The van der Waals surface area contributed by atoms with Gasteiger partial charge in [-0.25, -0.2) is 46.9 Å². The zero-order chi connectivity index (χ0) is 91.7. The molecule has 1 amide bonds. The van der Waals surface area contributed by atoms with Gasteiger partial charge in [0.25, 0.3) is 11.1 Å². The van der Waals surface area contributed by atoms with Gasteiger partial charge in [0.1, 0.15) is 57.6 Å². The standard InChI is InChI=1S/C23H23FN6O3.C16H20FN3O2.C10H10FN3.C7H4ClN3O.C6H6FN.C6H10N2O.C5H9BrO2.C5H11NO.C3H5N.CH2N2.ClH/c1-5-18-26-20(27-21(31)14-6-10-16(11-7-14)28-29-25)19(22(32)33-23(2,3)4)30(18)17-12-8-15(24)9-13-17;1-5-12-19-14(18)13(15(21)22-16(2,3)4)20(12)11-8-6-10(17)7-9-11;1-2-10(13-7-12)14-9-5-3-8(11)4-6-9;8-7(12)5-1-3-6(4-2-5)10-11-9;7-5-1-3-6(8)4-2-5;1-3-6(8-5-7)9-4-2;1-5(2,3)8-4(6)7;1-3-5(6)7-4-2;1-2-3-4;2-1-3;/h6-13H,5H2,1-4H3,(H,27,31);6-9H,5,18H2,1-4H3;3-6H,2H2,1H3,(H,13,14);1-4H;1-4H,8H2;3-4H2,1-2H3;1-3H3;6H,3-4H2,1-2H3;2H2,1H3;2H2;1H. The monoisotopic (exact) mass is 1780 g/mol. The molecule has 0 unspecified atom stereocenters. The van der Waals surface area contributed by atoms with Crippen molar-refractivity contribution in [2.24, 2.45) is 25.9 Å². The van der Waals surface area contributed by atoms with Crippen LogP contribution in [0.5, 0.6) is 0 Å². The third-order valence-electron chi connectivity index (χ3n) is 13.2. The van der Waals surface area contributed by atoms with Crippen LogP contribution >= 0.6 is 39.9 Å². The van der Waals surface area contributed by atoms with Crippen LogP contribution in [0.2, 0.25) is 0 Å². The van der Waals surface area contributed by atoms with Crippen molar-refractivity contribution in [3.63, 3.8) is 0 Å². The number of aliphatic imine (C=N–C) groups is 2. The van der Waals surface area contributed by atoms with Crippen molar-refractivity contribution in [1.29, 1.82) is 26.5 Å². The van der Waals surface area contributed by atoms with Crippen LogP contribution in [0.15, 0.2) is 166 Å². The molecule has 0 saturated heterocycles. The van der Waals surface area contributed by atoms with E-state index in [4.69, 9.17) is 84.3 Å². The molecule has 0 radical (unpaired) electrons. The number of benzene rings is 6. The number of esters is 2. The van der Waals surface area contributed by atoms with Crippen LogP contribution in [0.25, 0.3) is 32.3 Å². The topological polar surface area (TPSA) is 511 Å². The Bertz CT molecular complexity index is 4820. The van der Waals surface area contributed by atoms with E-state index >= 15 is 0 Å². The van der Waals surface area contributed by atoms with Crippen LogP contribution in [0.4, 0.5) is 56.7 Å². The fourth-order valence-corrected chi connectivity index (χ4v) is 8.87. The summed E-state index contributed by atoms with van der Waals surface area (Å²) in [5, 5.41) is 49.5. The van der Waals surface area contributed by atoms with Crippen LogP contribution < -0.4 is 27.8 Å². The van der Waals surface area contributed by atoms with Crippen LogP contribution in [-0.2, 0) is 36.5 Å². The van der Waals surface area contributed by atoms with Crippen LogP contribution in [0.3, 0.4) is 0 Å². The second-order valence-electron chi connectivity index (χ2n) is 25.9. The first kappa shape index (κ1) is 112. The molecule has 0 aliphatic heterocycles. The Hall–Kier alpha value is -13.5. The minimum absolute atomic E-state index is 0. The number of nitrogens with one attached hydrogen (secondary N) is 3. The Morgan fingerprint density at radius 2 is 0.950 bits per heavy atom. The first-order valence-corrected chi connectivity index (χ1v) is 37.6. The molecule has 2 heterocycles. The molecule has 0 saturated carbocycles. The van der Waals surface area contributed by atoms with Gasteiger partial charge in [0.2, 0.25) is 6.19 Å². The Balaban J connectivity index is -0.00000138. The van der Waals surface area contributed by atoms with Crippen LogP contribution in [-0.4, -0.2) is 94.7 Å². The molecule has 9 N–H and O–H groups in total. The van der Waals surface area contributed by atoms with Gasteiger partial charge >= 0.3 is 16.8 Å². The van der Waals surface area contributed by atoms with Crippen LogP contribution in [0.1, 0.15) is 197 Å². The van der Waals surface area contributed by atoms with Crippen molar-refractivity contribution in [3.05, 3.63) is 224 Å². The number of amides is 1. The number of carbonyl (C=O) groups excluding carboxylic acids is 5. The Kier molecular flexibility index (Phi) is 56.2. The van der Waals surface area contributed by atoms with E-state index in [9.17, 15) is 41.5 Å². The minimum Gasteiger partial charge on any atom is -0.481 e. The van der Waals surface area contributed by atoms with Gasteiger partial charge in [0, 0.05) is 104 Å². The SMILES string of the molecule is CC(C)(C)OC(=O)Br.CCC#N.CCC(=Nc1ccc(F)cc1)NC#N.CCOC(=N)CC.CCOC(CC)=NC#N.CCc1nc(N)c(C(=O)OC(C)(C)C)n1-c1ccc(F)cc1.CCc1nc(NC(=O)c2ccc(N=[N+]=[N-])cc2)c(C(=O)OC(C)(C)C)n1-c1ccc(F)cc1.Cl.N#CN.Nc1ccc(F)cc1.[N-]=[N+]=Nc1ccc(C(=O)Cl)cc1. The van der Waals surface area contributed by atoms with Crippen molar-refractivity contribution < 1.29 is 65.2 Å². The number of hydrogen-bond donors (Lipinski definition) is 6. The van der Waals surface area contributed by atoms with Crippen molar-refractivity contribution >= 4 is 120 Å². The molecule has 39 heteroatoms. The second-order valence-corrected chi connectivity index (χ2v) is 26.9. The van der Waals surface area contributed by atoms with E-state index < -0.39 is 45.0 Å². The highest BCUT2D eigenvalue weighted by Gasteiger charge is 2.30. The summed E-state index contributed by atoms with van der Waals surface area (Å²) in [6.07, 6.45) is 8.36. The number of carbonyl (C=O) groups is 5. The van der Waals surface area contributed by atoms with E-state index in [0.29, 0.717) is 121 Å². The highest BCUT2D eigenvalue weighted by molar-refractivity contribution is 9.18. The second kappa shape index (κ2) is 60.9. The van der Waals surface area contributed by atoms with Gasteiger partial charge < -0.3 is 46.2 Å². The Labute approximate surface area is 721 Å². The summed E-state index contributed by atoms with van der Waals surface area (Å²) in [5.41, 5.74) is 34.1. The quantitative estimate of drug-likeness (QED) is 0.00401. The predicted octanol–water partition coefficient (Wildman–Crippen LogP) is 21.4. The summed E-state index contributed by atoms with van der Waals surface area (Å²) < 4.78 is 79.8. The third kappa shape index (κ3) is 48.7. The van der Waals surface area contributed by atoms with Gasteiger partial charge in [-0.3, -0.25) is 29.4 Å². The van der Waals surface area contributed by atoms with Crippen LogP contribution in [0, 0.1) is 74.4 Å². The molecule has 6 aromatic carbocycles. The van der Waals surface area contributed by atoms with Crippen molar-refractivity contribution in [1.82, 2.24) is 24.4 Å². The molecule has 0 aliphatic rings. The molecule has 0 atom stereocenters. The number of hydrogen-bond acceptors (Lipinski definition) is 24. The van der Waals surface area contributed by atoms with Gasteiger partial charge in [0.15, 0.2) is 47.2 Å². The van der Waals surface area contributed by atoms with E-state index in [1.807, 2.05) is 82.2 Å². The number of nitriles is 4. The maximum Gasteiger partial charge on any atom is 0.375 e. The minimum atomic E-state index is -0.792. The average Bonchev–Trinajstić information content (AvgIpc) is 1.64. The Morgan fingerprint density at radius 3 is 1.26 bits per heavy atom. The number of nitrogens with two attached hydrogens (primary N) is 3. The number of imidazole rings is 2. The average molecular weight is 1780 g/mol. The number of nitrogens with zero attached hydrogens (tertiary/aromatic N) is 16. The summed E-state index contributed by atoms with van der Waals surface area (Å²) in [7, 11) is 0. The van der Waals surface area contributed by atoms with E-state index in [-0.39, 0.29) is 64.0 Å². The summed E-state index contributed by atoms with van der Waals surface area (Å²) in [6, 6.07) is 36.8. The molecule has 0 bridgehead atoms. The molecule has 8 aromatic rings. The molecule has 2 aromatic heterocycles. The maximum absolute atomic E-state index is 13.5.